The Morgan fingerprint density at radius 2 is 1.75 bits per heavy atom. The van der Waals surface area contributed by atoms with E-state index < -0.39 is 5.41 Å². The second-order valence-corrected chi connectivity index (χ2v) is 4.88. The number of carbonyl (C=O) groups excluding carboxylic acids is 2. The minimum atomic E-state index is -0.968. The molecule has 5 heteroatoms. The smallest absolute Gasteiger partial charge is 0.244 e. The normalized spacial score (nSPS) is 20.1. The number of aliphatic imine (C=N–C) groups is 1. The Labute approximate surface area is 118 Å². The van der Waals surface area contributed by atoms with Crippen molar-refractivity contribution in [2.75, 3.05) is 7.05 Å². The van der Waals surface area contributed by atoms with Gasteiger partial charge in [-0.25, -0.2) is 4.99 Å². The van der Waals surface area contributed by atoms with Gasteiger partial charge in [0.1, 0.15) is 5.41 Å². The van der Waals surface area contributed by atoms with Crippen molar-refractivity contribution in [1.82, 2.24) is 10.2 Å². The molecule has 0 spiro atoms. The van der Waals surface area contributed by atoms with Gasteiger partial charge in [-0.3, -0.25) is 19.8 Å². The highest BCUT2D eigenvalue weighted by Gasteiger charge is 2.49. The number of para-hydroxylation sites is 1. The Morgan fingerprint density at radius 3 is 2.30 bits per heavy atom. The highest BCUT2D eigenvalue weighted by molar-refractivity contribution is 6.20. The predicted octanol–water partition coefficient (Wildman–Crippen LogP) is 2.07. The summed E-state index contributed by atoms with van der Waals surface area (Å²) in [5, 5.41) is 2.75. The summed E-state index contributed by atoms with van der Waals surface area (Å²) in [6.07, 6.45) is 0.967. The number of amides is 2. The molecule has 1 heterocycles. The molecule has 0 aromatic heterocycles. The van der Waals surface area contributed by atoms with Crippen molar-refractivity contribution in [1.29, 1.82) is 0 Å². The topological polar surface area (TPSA) is 61.8 Å². The third-order valence-electron chi connectivity index (χ3n) is 3.89. The van der Waals surface area contributed by atoms with E-state index in [1.54, 1.807) is 7.05 Å². The van der Waals surface area contributed by atoms with Crippen LogP contribution in [0.15, 0.2) is 35.3 Å². The SMILES string of the molecule is CCC1(CC)C(=O)NC(=Nc2ccccc2)N(C)C1=O. The zero-order valence-corrected chi connectivity index (χ0v) is 12.0. The Balaban J connectivity index is 2.36. The van der Waals surface area contributed by atoms with Crippen LogP contribution < -0.4 is 5.32 Å². The van der Waals surface area contributed by atoms with Crippen LogP contribution in [0.4, 0.5) is 5.69 Å². The van der Waals surface area contributed by atoms with E-state index >= 15 is 0 Å². The van der Waals surface area contributed by atoms with Gasteiger partial charge in [0.05, 0.1) is 5.69 Å². The van der Waals surface area contributed by atoms with Gasteiger partial charge in [0.25, 0.3) is 0 Å². The summed E-state index contributed by atoms with van der Waals surface area (Å²) in [6, 6.07) is 9.23. The Kier molecular flexibility index (Phi) is 3.88. The highest BCUT2D eigenvalue weighted by Crippen LogP contribution is 2.32. The lowest BCUT2D eigenvalue weighted by atomic mass is 9.79. The number of nitrogens with zero attached hydrogens (tertiary/aromatic N) is 2. The molecule has 106 valence electrons. The van der Waals surface area contributed by atoms with Crippen LogP contribution in [0.25, 0.3) is 0 Å². The van der Waals surface area contributed by atoms with Crippen LogP contribution in [-0.2, 0) is 9.59 Å². The minimum Gasteiger partial charge on any atom is -0.295 e. The lowest BCUT2D eigenvalue weighted by Crippen LogP contribution is -2.62. The van der Waals surface area contributed by atoms with Gasteiger partial charge >= 0.3 is 0 Å². The van der Waals surface area contributed by atoms with Crippen molar-refractivity contribution in [3.63, 3.8) is 0 Å². The van der Waals surface area contributed by atoms with E-state index in [1.165, 1.54) is 4.90 Å². The molecule has 5 nitrogen and oxygen atoms in total. The fourth-order valence-corrected chi connectivity index (χ4v) is 2.42. The molecule has 0 bridgehead atoms. The average molecular weight is 273 g/mol. The van der Waals surface area contributed by atoms with E-state index in [-0.39, 0.29) is 17.8 Å². The van der Waals surface area contributed by atoms with Crippen LogP contribution in [0, 0.1) is 5.41 Å². The lowest BCUT2D eigenvalue weighted by Gasteiger charge is -2.38. The molecule has 0 atom stereocenters. The summed E-state index contributed by atoms with van der Waals surface area (Å²) in [5.74, 6) is -0.176. The lowest BCUT2D eigenvalue weighted by molar-refractivity contribution is -0.150. The van der Waals surface area contributed by atoms with Crippen LogP contribution in [0.2, 0.25) is 0 Å². The second kappa shape index (κ2) is 5.45. The minimum absolute atomic E-state index is 0.194. The van der Waals surface area contributed by atoms with Crippen molar-refractivity contribution < 1.29 is 9.59 Å². The number of rotatable bonds is 3. The summed E-state index contributed by atoms with van der Waals surface area (Å²) >= 11 is 0. The van der Waals surface area contributed by atoms with Crippen molar-refractivity contribution >= 4 is 23.5 Å². The van der Waals surface area contributed by atoms with E-state index in [2.05, 4.69) is 10.3 Å². The molecule has 1 fully saturated rings. The second-order valence-electron chi connectivity index (χ2n) is 4.88. The summed E-state index contributed by atoms with van der Waals surface area (Å²) < 4.78 is 0. The van der Waals surface area contributed by atoms with Crippen LogP contribution in [0.3, 0.4) is 0 Å². The first-order chi connectivity index (χ1) is 9.55. The zero-order valence-electron chi connectivity index (χ0n) is 12.0. The van der Waals surface area contributed by atoms with Gasteiger partial charge in [-0.2, -0.15) is 0 Å². The number of guanidine groups is 1. The zero-order chi connectivity index (χ0) is 14.8. The van der Waals surface area contributed by atoms with Gasteiger partial charge in [-0.1, -0.05) is 32.0 Å². The molecule has 1 N–H and O–H groups in total. The van der Waals surface area contributed by atoms with E-state index in [4.69, 9.17) is 0 Å². The fourth-order valence-electron chi connectivity index (χ4n) is 2.42. The number of hydrogen-bond donors (Lipinski definition) is 1. The number of carbonyl (C=O) groups is 2. The first kappa shape index (κ1) is 14.2. The maximum atomic E-state index is 12.5. The number of hydrogen-bond acceptors (Lipinski definition) is 3. The average Bonchev–Trinajstić information content (AvgIpc) is 2.47. The molecule has 1 aromatic carbocycles. The third-order valence-corrected chi connectivity index (χ3v) is 3.89. The molecule has 0 aliphatic carbocycles. The van der Waals surface area contributed by atoms with Crippen molar-refractivity contribution in [2.24, 2.45) is 10.4 Å². The Morgan fingerprint density at radius 1 is 1.15 bits per heavy atom. The molecule has 2 amide bonds. The molecular formula is C15H19N3O2. The Hall–Kier alpha value is -2.17. The monoisotopic (exact) mass is 273 g/mol. The molecule has 1 aliphatic heterocycles. The predicted molar refractivity (Wildman–Crippen MR) is 77.5 cm³/mol. The fraction of sp³-hybridized carbons (Fsp3) is 0.400. The molecule has 1 aromatic rings. The molecule has 0 radical (unpaired) electrons. The van der Waals surface area contributed by atoms with Gasteiger partial charge in [-0.15, -0.1) is 0 Å². The molecule has 0 unspecified atom stereocenters. The van der Waals surface area contributed by atoms with Crippen LogP contribution in [0.5, 0.6) is 0 Å². The molecule has 2 rings (SSSR count). The van der Waals surface area contributed by atoms with Crippen LogP contribution in [0.1, 0.15) is 26.7 Å². The maximum absolute atomic E-state index is 12.5. The van der Waals surface area contributed by atoms with Crippen molar-refractivity contribution in [2.45, 2.75) is 26.7 Å². The number of nitrogens with one attached hydrogen (secondary N) is 1. The maximum Gasteiger partial charge on any atom is 0.244 e. The summed E-state index contributed by atoms with van der Waals surface area (Å²) in [6.45, 7) is 3.71. The summed E-state index contributed by atoms with van der Waals surface area (Å²) in [4.78, 5) is 30.6. The third kappa shape index (κ3) is 2.19. The molecule has 1 aliphatic rings. The quantitative estimate of drug-likeness (QED) is 0.857. The molecular weight excluding hydrogens is 254 g/mol. The van der Waals surface area contributed by atoms with Gasteiger partial charge in [-0.05, 0) is 25.0 Å². The van der Waals surface area contributed by atoms with Crippen molar-refractivity contribution in [3.05, 3.63) is 30.3 Å². The van der Waals surface area contributed by atoms with Gasteiger partial charge < -0.3 is 0 Å². The van der Waals surface area contributed by atoms with Crippen LogP contribution in [-0.4, -0.2) is 29.7 Å². The first-order valence-corrected chi connectivity index (χ1v) is 6.78. The molecule has 20 heavy (non-hydrogen) atoms. The van der Waals surface area contributed by atoms with Gasteiger partial charge in [0, 0.05) is 7.05 Å². The van der Waals surface area contributed by atoms with Crippen LogP contribution >= 0.6 is 0 Å². The standard InChI is InChI=1S/C15H19N3O2/c1-4-15(5-2)12(19)17-14(18(3)13(15)20)16-11-9-7-6-8-10-11/h6-10H,4-5H2,1-3H3,(H,16,17,19). The Bertz CT molecular complexity index is 547. The van der Waals surface area contributed by atoms with E-state index in [1.807, 2.05) is 44.2 Å². The van der Waals surface area contributed by atoms with E-state index in [9.17, 15) is 9.59 Å². The van der Waals surface area contributed by atoms with Gasteiger partial charge in [0.15, 0.2) is 0 Å². The molecule has 1 saturated heterocycles. The summed E-state index contributed by atoms with van der Waals surface area (Å²) in [7, 11) is 1.64. The summed E-state index contributed by atoms with van der Waals surface area (Å²) in [5.41, 5.74) is -0.271. The first-order valence-electron chi connectivity index (χ1n) is 6.78. The van der Waals surface area contributed by atoms with Gasteiger partial charge in [0.2, 0.25) is 17.8 Å². The molecule has 0 saturated carbocycles. The number of benzene rings is 1. The highest BCUT2D eigenvalue weighted by atomic mass is 16.2. The van der Waals surface area contributed by atoms with E-state index in [0.29, 0.717) is 18.5 Å². The van der Waals surface area contributed by atoms with E-state index in [0.717, 1.165) is 0 Å². The van der Waals surface area contributed by atoms with Crippen molar-refractivity contribution in [3.8, 4) is 0 Å². The largest absolute Gasteiger partial charge is 0.295 e.